The monoisotopic (exact) mass is 472 g/mol. The molecule has 7 nitrogen and oxygen atoms in total. The van der Waals surface area contributed by atoms with Gasteiger partial charge in [0.05, 0.1) is 18.4 Å². The van der Waals surface area contributed by atoms with Gasteiger partial charge in [0, 0.05) is 54.8 Å². The molecule has 0 aliphatic carbocycles. The molecule has 0 bridgehead atoms. The minimum Gasteiger partial charge on any atom is -0.382 e. The van der Waals surface area contributed by atoms with Gasteiger partial charge in [-0.3, -0.25) is 4.79 Å². The standard InChI is InChI=1S/C27H29FN6O/c1-16(2)24-15-34(11-10-33(24)3)19-5-7-21(22(28)13-19)23-14-31-26(29)25(32-23)18-4-6-20-17(12-18)8-9-30-27(20)35/h4-7,12-14H,8-11,15H2,1-3H3,(H2,29,31)(H,30,35). The molecule has 3 heterocycles. The highest BCUT2D eigenvalue weighted by Crippen LogP contribution is 2.31. The molecule has 0 saturated carbocycles. The summed E-state index contributed by atoms with van der Waals surface area (Å²) in [5.41, 5.74) is 13.1. The Balaban J connectivity index is 1.46. The normalized spacial score (nSPS) is 15.7. The molecule has 0 radical (unpaired) electrons. The molecule has 3 N–H and O–H groups in total. The molecule has 1 fully saturated rings. The van der Waals surface area contributed by atoms with E-state index in [9.17, 15) is 4.79 Å². The van der Waals surface area contributed by atoms with Crippen LogP contribution >= 0.6 is 0 Å². The number of hydrogen-bond acceptors (Lipinski definition) is 6. The number of carbonyl (C=O) groups excluding carboxylic acids is 1. The summed E-state index contributed by atoms with van der Waals surface area (Å²) in [4.78, 5) is 25.5. The van der Waals surface area contributed by atoms with Gasteiger partial charge in [-0.25, -0.2) is 14.4 Å². The second-order valence-electron chi connectivity index (χ2n) is 9.32. The molecule has 2 aliphatic rings. The molecule has 2 aromatic carbocycles. The predicted molar refractivity (Wildman–Crippen MR) is 137 cm³/mol. The topological polar surface area (TPSA) is 87.4 Å². The van der Waals surface area contributed by atoms with E-state index in [1.54, 1.807) is 18.2 Å². The van der Waals surface area contributed by atoms with Crippen LogP contribution in [0.25, 0.3) is 22.5 Å². The summed E-state index contributed by atoms with van der Waals surface area (Å²) in [5.74, 6) is -0.171. The van der Waals surface area contributed by atoms with Crippen LogP contribution in [0.15, 0.2) is 53.9 Å². The Morgan fingerprint density at radius 2 is 1.91 bits per heavy atom. The molecule has 1 saturated heterocycles. The van der Waals surface area contributed by atoms with E-state index >= 15 is 4.39 Å². The number of piperazine rings is 1. The Labute approximate surface area is 204 Å². The zero-order valence-electron chi connectivity index (χ0n) is 20.2. The van der Waals surface area contributed by atoms with E-state index in [2.05, 4.69) is 46.0 Å². The first-order valence-electron chi connectivity index (χ1n) is 11.8. The smallest absolute Gasteiger partial charge is 0.251 e. The number of fused-ring (bicyclic) bond motifs is 1. The Bertz CT molecular complexity index is 1350. The van der Waals surface area contributed by atoms with Gasteiger partial charge in [0.1, 0.15) is 17.3 Å². The molecule has 0 spiro atoms. The lowest BCUT2D eigenvalue weighted by Gasteiger charge is -2.38. The summed E-state index contributed by atoms with van der Waals surface area (Å²) in [5, 5.41) is 2.84. The molecular formula is C27H29FN6O. The maximum Gasteiger partial charge on any atom is 0.251 e. The summed E-state index contributed by atoms with van der Waals surface area (Å²) < 4.78 is 15.3. The maximum atomic E-state index is 15.3. The third-order valence-electron chi connectivity index (χ3n) is 6.78. The van der Waals surface area contributed by atoms with Crippen LogP contribution in [0, 0.1) is 5.82 Å². The summed E-state index contributed by atoms with van der Waals surface area (Å²) in [6.45, 7) is 7.27. The highest BCUT2D eigenvalue weighted by molar-refractivity contribution is 5.97. The van der Waals surface area contributed by atoms with Gasteiger partial charge >= 0.3 is 0 Å². The summed E-state index contributed by atoms with van der Waals surface area (Å²) in [6.07, 6.45) is 2.23. The molecule has 1 aromatic heterocycles. The van der Waals surface area contributed by atoms with Gasteiger partial charge in [0.15, 0.2) is 0 Å². The van der Waals surface area contributed by atoms with Crippen LogP contribution in [0.4, 0.5) is 15.9 Å². The fourth-order valence-corrected chi connectivity index (χ4v) is 4.77. The van der Waals surface area contributed by atoms with E-state index in [0.717, 1.165) is 42.9 Å². The van der Waals surface area contributed by atoms with Crippen molar-refractivity contribution >= 4 is 17.4 Å². The molecule has 8 heteroatoms. The Morgan fingerprint density at radius 1 is 1.11 bits per heavy atom. The van der Waals surface area contributed by atoms with Gasteiger partial charge in [-0.05, 0) is 56.2 Å². The van der Waals surface area contributed by atoms with Crippen LogP contribution in [-0.2, 0) is 6.42 Å². The second-order valence-corrected chi connectivity index (χ2v) is 9.32. The third-order valence-corrected chi connectivity index (χ3v) is 6.78. The number of nitrogens with one attached hydrogen (secondary N) is 1. The van der Waals surface area contributed by atoms with Crippen LogP contribution in [-0.4, -0.2) is 54.0 Å². The number of halogens is 1. The molecule has 180 valence electrons. The van der Waals surface area contributed by atoms with E-state index in [-0.39, 0.29) is 17.5 Å². The lowest BCUT2D eigenvalue weighted by Crippen LogP contribution is -2.43. The van der Waals surface area contributed by atoms with Gasteiger partial charge in [-0.2, -0.15) is 0 Å². The van der Waals surface area contributed by atoms with Crippen molar-refractivity contribution in [3.8, 4) is 22.5 Å². The number of nitrogens with zero attached hydrogens (tertiary/aromatic N) is 4. The van der Waals surface area contributed by atoms with Gasteiger partial charge < -0.3 is 20.9 Å². The quantitative estimate of drug-likeness (QED) is 0.602. The zero-order chi connectivity index (χ0) is 24.7. The number of rotatable bonds is 3. The van der Waals surface area contributed by atoms with E-state index in [1.165, 1.54) is 17.5 Å². The fraction of sp³-hybridized carbons (Fsp3) is 0.296. The summed E-state index contributed by atoms with van der Waals surface area (Å²) in [6, 6.07) is 10.8. The first-order valence-corrected chi connectivity index (χ1v) is 11.8. The summed E-state index contributed by atoms with van der Waals surface area (Å²) in [7, 11) is 2.10. The number of aromatic nitrogens is 2. The molecule has 2 aliphatic heterocycles. The second kappa shape index (κ2) is 9.02. The molecule has 5 rings (SSSR count). The van der Waals surface area contributed by atoms with Crippen molar-refractivity contribution in [2.45, 2.75) is 20.3 Å². The molecular weight excluding hydrogens is 443 g/mol. The Hall–Kier alpha value is -3.94. The minimum atomic E-state index is -0.354. The fourth-order valence-electron chi connectivity index (χ4n) is 4.77. The van der Waals surface area contributed by atoms with Gasteiger partial charge in [0.2, 0.25) is 0 Å². The van der Waals surface area contributed by atoms with Crippen molar-refractivity contribution in [1.82, 2.24) is 20.2 Å². The van der Waals surface area contributed by atoms with Crippen molar-refractivity contribution in [1.29, 1.82) is 0 Å². The van der Waals surface area contributed by atoms with Crippen molar-refractivity contribution in [2.24, 2.45) is 0 Å². The molecule has 0 atom stereocenters. The van der Waals surface area contributed by atoms with Crippen molar-refractivity contribution in [2.75, 3.05) is 43.9 Å². The van der Waals surface area contributed by atoms with E-state index < -0.39 is 0 Å². The number of nitrogens with two attached hydrogens (primary N) is 1. The lowest BCUT2D eigenvalue weighted by atomic mass is 9.96. The van der Waals surface area contributed by atoms with Crippen molar-refractivity contribution in [3.63, 3.8) is 0 Å². The molecule has 35 heavy (non-hydrogen) atoms. The Kier molecular flexibility index (Phi) is 5.88. The van der Waals surface area contributed by atoms with Crippen LogP contribution in [0.2, 0.25) is 0 Å². The SMILES string of the molecule is CC(C)=C1CN(c2ccc(-c3cnc(N)c(-c4ccc5c(c4)CCNC5=O)n3)c(F)c2)CCN1C. The minimum absolute atomic E-state index is 0.0789. The number of likely N-dealkylation sites (N-methyl/N-ethyl adjacent to an activating group) is 1. The summed E-state index contributed by atoms with van der Waals surface area (Å²) >= 11 is 0. The average Bonchev–Trinajstić information content (AvgIpc) is 2.84. The zero-order valence-corrected chi connectivity index (χ0v) is 20.2. The number of carbonyl (C=O) groups is 1. The first kappa shape index (κ1) is 22.8. The maximum absolute atomic E-state index is 15.3. The van der Waals surface area contributed by atoms with Crippen molar-refractivity contribution < 1.29 is 9.18 Å². The highest BCUT2D eigenvalue weighted by atomic mass is 19.1. The third kappa shape index (κ3) is 4.32. The number of nitrogen functional groups attached to an aromatic ring is 1. The van der Waals surface area contributed by atoms with Gasteiger partial charge in [0.25, 0.3) is 5.91 Å². The van der Waals surface area contributed by atoms with Crippen LogP contribution in [0.3, 0.4) is 0 Å². The van der Waals surface area contributed by atoms with E-state index in [1.807, 2.05) is 18.2 Å². The molecule has 1 amide bonds. The van der Waals surface area contributed by atoms with Gasteiger partial charge in [-0.1, -0.05) is 11.6 Å². The average molecular weight is 473 g/mol. The molecule has 0 unspecified atom stereocenters. The number of allylic oxidation sites excluding steroid dienone is 1. The lowest BCUT2D eigenvalue weighted by molar-refractivity contribution is 0.0946. The highest BCUT2D eigenvalue weighted by Gasteiger charge is 2.22. The number of amides is 1. The van der Waals surface area contributed by atoms with E-state index in [0.29, 0.717) is 29.1 Å². The molecule has 3 aromatic rings. The van der Waals surface area contributed by atoms with Crippen LogP contribution in [0.1, 0.15) is 29.8 Å². The number of benzene rings is 2. The predicted octanol–water partition coefficient (Wildman–Crippen LogP) is 3.86. The first-order chi connectivity index (χ1) is 16.8. The van der Waals surface area contributed by atoms with Crippen LogP contribution < -0.4 is 16.0 Å². The number of hydrogen-bond donors (Lipinski definition) is 2. The van der Waals surface area contributed by atoms with Crippen molar-refractivity contribution in [3.05, 3.63) is 70.8 Å². The van der Waals surface area contributed by atoms with Crippen LogP contribution in [0.5, 0.6) is 0 Å². The van der Waals surface area contributed by atoms with Gasteiger partial charge in [-0.15, -0.1) is 0 Å². The van der Waals surface area contributed by atoms with E-state index in [4.69, 9.17) is 5.73 Å². The Morgan fingerprint density at radius 3 is 2.69 bits per heavy atom. The number of anilines is 2. The largest absolute Gasteiger partial charge is 0.382 e.